The molecule has 2 aromatic rings. The normalized spacial score (nSPS) is 16.3. The summed E-state index contributed by atoms with van der Waals surface area (Å²) < 4.78 is 32.0. The predicted octanol–water partition coefficient (Wildman–Crippen LogP) is 2.20. The summed E-state index contributed by atoms with van der Waals surface area (Å²) in [6.45, 7) is 3.28. The van der Waals surface area contributed by atoms with E-state index in [9.17, 15) is 8.42 Å². The summed E-state index contributed by atoms with van der Waals surface area (Å²) in [6.07, 6.45) is 0. The molecule has 3 rings (SSSR count). The Morgan fingerprint density at radius 3 is 2.54 bits per heavy atom. The lowest BCUT2D eigenvalue weighted by Gasteiger charge is -2.26. The topological polar surface area (TPSA) is 58.6 Å². The molecule has 0 bridgehead atoms. The van der Waals surface area contributed by atoms with Crippen LogP contribution in [0.4, 0.5) is 0 Å². The van der Waals surface area contributed by atoms with E-state index in [2.05, 4.69) is 22.1 Å². The van der Waals surface area contributed by atoms with Crippen LogP contribution in [0.25, 0.3) is 0 Å². The van der Waals surface area contributed by atoms with Crippen LogP contribution in [-0.4, -0.2) is 39.0 Å². The molecule has 24 heavy (non-hydrogen) atoms. The number of nitrogens with zero attached hydrogens (tertiary/aromatic N) is 1. The molecule has 1 N–H and O–H groups in total. The molecule has 1 fully saturated rings. The van der Waals surface area contributed by atoms with Crippen molar-refractivity contribution in [3.8, 4) is 0 Å². The highest BCUT2D eigenvalue weighted by Crippen LogP contribution is 2.17. The lowest BCUT2D eigenvalue weighted by molar-refractivity contribution is 0.0729. The van der Waals surface area contributed by atoms with E-state index in [0.29, 0.717) is 32.8 Å². The maximum atomic E-state index is 12.6. The van der Waals surface area contributed by atoms with Gasteiger partial charge in [0.1, 0.15) is 0 Å². The molecule has 0 radical (unpaired) electrons. The van der Waals surface area contributed by atoms with Crippen molar-refractivity contribution in [3.05, 3.63) is 57.8 Å². The van der Waals surface area contributed by atoms with Gasteiger partial charge in [0.2, 0.25) is 10.0 Å². The van der Waals surface area contributed by atoms with E-state index in [1.54, 1.807) is 11.3 Å². The number of sulfonamides is 1. The molecule has 1 aromatic carbocycles. The Morgan fingerprint density at radius 1 is 1.08 bits per heavy atom. The first-order valence-corrected chi connectivity index (χ1v) is 10.5. The Hall–Kier alpha value is -1.25. The van der Waals surface area contributed by atoms with Crippen LogP contribution in [0, 0.1) is 0 Å². The van der Waals surface area contributed by atoms with Crippen LogP contribution in [0.5, 0.6) is 0 Å². The van der Waals surface area contributed by atoms with E-state index in [-0.39, 0.29) is 5.75 Å². The Labute approximate surface area is 147 Å². The Bertz CT molecular complexity index is 739. The maximum Gasteiger partial charge on any atom is 0.218 e. The summed E-state index contributed by atoms with van der Waals surface area (Å²) in [5.74, 6) is 0.0449. The van der Waals surface area contributed by atoms with Crippen molar-refractivity contribution < 1.29 is 13.2 Å². The summed E-state index contributed by atoms with van der Waals surface area (Å²) in [5, 5.41) is 7.56. The fraction of sp³-hybridized carbons (Fsp3) is 0.412. The molecule has 1 aliphatic heterocycles. The average molecular weight is 367 g/mol. The molecule has 1 aliphatic rings. The molecule has 0 unspecified atom stereocenters. The molecule has 5 nitrogen and oxygen atoms in total. The highest BCUT2D eigenvalue weighted by molar-refractivity contribution is 7.88. The lowest BCUT2D eigenvalue weighted by Crippen LogP contribution is -2.41. The van der Waals surface area contributed by atoms with Crippen molar-refractivity contribution in [3.63, 3.8) is 0 Å². The van der Waals surface area contributed by atoms with Gasteiger partial charge in [0, 0.05) is 26.2 Å². The van der Waals surface area contributed by atoms with Crippen LogP contribution >= 0.6 is 11.3 Å². The van der Waals surface area contributed by atoms with Gasteiger partial charge in [0.25, 0.3) is 0 Å². The van der Waals surface area contributed by atoms with Crippen molar-refractivity contribution in [2.45, 2.75) is 18.8 Å². The summed E-state index contributed by atoms with van der Waals surface area (Å²) >= 11 is 1.68. The van der Waals surface area contributed by atoms with Gasteiger partial charge in [-0.05, 0) is 33.5 Å². The summed E-state index contributed by atoms with van der Waals surface area (Å²) in [7, 11) is -3.30. The number of benzene rings is 1. The van der Waals surface area contributed by atoms with Crippen molar-refractivity contribution in [1.29, 1.82) is 0 Å². The smallest absolute Gasteiger partial charge is 0.218 e. The van der Waals surface area contributed by atoms with Gasteiger partial charge in [-0.1, -0.05) is 24.3 Å². The average Bonchev–Trinajstić information content (AvgIpc) is 3.10. The van der Waals surface area contributed by atoms with Crippen molar-refractivity contribution >= 4 is 21.4 Å². The summed E-state index contributed by atoms with van der Waals surface area (Å²) in [6, 6.07) is 9.83. The van der Waals surface area contributed by atoms with Gasteiger partial charge in [-0.15, -0.1) is 0 Å². The highest BCUT2D eigenvalue weighted by atomic mass is 32.2. The first-order chi connectivity index (χ1) is 11.6. The Morgan fingerprint density at radius 2 is 1.83 bits per heavy atom. The van der Waals surface area contributed by atoms with Crippen LogP contribution in [0.2, 0.25) is 0 Å². The van der Waals surface area contributed by atoms with E-state index in [4.69, 9.17) is 4.74 Å². The molecule has 0 aliphatic carbocycles. The van der Waals surface area contributed by atoms with Crippen LogP contribution in [0.1, 0.15) is 16.7 Å². The Balaban J connectivity index is 1.64. The van der Waals surface area contributed by atoms with Crippen molar-refractivity contribution in [1.82, 2.24) is 9.62 Å². The third-order valence-electron chi connectivity index (χ3n) is 4.04. The number of thiophene rings is 1. The minimum absolute atomic E-state index is 0.0449. The van der Waals surface area contributed by atoms with Gasteiger partial charge < -0.3 is 10.1 Å². The molecule has 0 saturated carbocycles. The van der Waals surface area contributed by atoms with E-state index in [1.165, 1.54) is 9.87 Å². The zero-order chi connectivity index (χ0) is 16.8. The molecule has 1 saturated heterocycles. The molecule has 2 heterocycles. The standard InChI is InChI=1S/C17H22N2O3S2/c20-24(21,19-6-8-22-9-7-19)14-17-4-2-1-3-16(17)12-18-11-15-5-10-23-13-15/h1-5,10,13,18H,6-9,11-12,14H2. The van der Waals surface area contributed by atoms with Crippen LogP contribution in [-0.2, 0) is 33.6 Å². The molecular formula is C17H22N2O3S2. The zero-order valence-electron chi connectivity index (χ0n) is 13.5. The number of hydrogen-bond acceptors (Lipinski definition) is 5. The number of nitrogens with one attached hydrogen (secondary N) is 1. The van der Waals surface area contributed by atoms with Crippen molar-refractivity contribution in [2.24, 2.45) is 0 Å². The second kappa shape index (κ2) is 8.22. The van der Waals surface area contributed by atoms with Gasteiger partial charge in [0.05, 0.1) is 19.0 Å². The molecule has 0 atom stereocenters. The molecule has 1 aromatic heterocycles. The molecular weight excluding hydrogens is 344 g/mol. The van der Waals surface area contributed by atoms with E-state index < -0.39 is 10.0 Å². The molecule has 7 heteroatoms. The van der Waals surface area contributed by atoms with Crippen LogP contribution < -0.4 is 5.32 Å². The number of hydrogen-bond donors (Lipinski definition) is 1. The minimum atomic E-state index is -3.30. The number of rotatable bonds is 7. The first kappa shape index (κ1) is 17.6. The number of ether oxygens (including phenoxy) is 1. The predicted molar refractivity (Wildman–Crippen MR) is 96.3 cm³/mol. The zero-order valence-corrected chi connectivity index (χ0v) is 15.1. The van der Waals surface area contributed by atoms with E-state index in [0.717, 1.165) is 17.7 Å². The van der Waals surface area contributed by atoms with E-state index >= 15 is 0 Å². The second-order valence-electron chi connectivity index (χ2n) is 5.77. The van der Waals surface area contributed by atoms with Gasteiger partial charge >= 0.3 is 0 Å². The second-order valence-corrected chi connectivity index (χ2v) is 8.52. The monoisotopic (exact) mass is 366 g/mol. The lowest BCUT2D eigenvalue weighted by atomic mass is 10.1. The molecule has 130 valence electrons. The molecule has 0 amide bonds. The van der Waals surface area contributed by atoms with Gasteiger partial charge in [0.15, 0.2) is 0 Å². The van der Waals surface area contributed by atoms with Crippen LogP contribution in [0.15, 0.2) is 41.1 Å². The van der Waals surface area contributed by atoms with Gasteiger partial charge in [-0.2, -0.15) is 15.6 Å². The first-order valence-electron chi connectivity index (χ1n) is 7.99. The summed E-state index contributed by atoms with van der Waals surface area (Å²) in [4.78, 5) is 0. The number of morpholine rings is 1. The Kier molecular flexibility index (Phi) is 6.02. The fourth-order valence-corrected chi connectivity index (χ4v) is 4.95. The minimum Gasteiger partial charge on any atom is -0.379 e. The largest absolute Gasteiger partial charge is 0.379 e. The summed E-state index contributed by atoms with van der Waals surface area (Å²) in [5.41, 5.74) is 3.14. The maximum absolute atomic E-state index is 12.6. The fourth-order valence-electron chi connectivity index (χ4n) is 2.72. The van der Waals surface area contributed by atoms with Crippen molar-refractivity contribution in [2.75, 3.05) is 26.3 Å². The van der Waals surface area contributed by atoms with Crippen LogP contribution in [0.3, 0.4) is 0 Å². The van der Waals surface area contributed by atoms with Gasteiger partial charge in [-0.25, -0.2) is 8.42 Å². The highest BCUT2D eigenvalue weighted by Gasteiger charge is 2.25. The third kappa shape index (κ3) is 4.64. The van der Waals surface area contributed by atoms with E-state index in [1.807, 2.05) is 24.3 Å². The molecule has 0 spiro atoms. The SMILES string of the molecule is O=S(=O)(Cc1ccccc1CNCc1ccsc1)N1CCOCC1. The quantitative estimate of drug-likeness (QED) is 0.816. The van der Waals surface area contributed by atoms with Gasteiger partial charge in [-0.3, -0.25) is 0 Å². The third-order valence-corrected chi connectivity index (χ3v) is 6.60.